The highest BCUT2D eigenvalue weighted by molar-refractivity contribution is 7.92. The second-order valence-corrected chi connectivity index (χ2v) is 10.4. The molecule has 1 aliphatic carbocycles. The van der Waals surface area contributed by atoms with E-state index >= 15 is 0 Å². The third-order valence-corrected chi connectivity index (χ3v) is 7.00. The molecule has 3 aromatic heterocycles. The number of halogens is 3. The lowest BCUT2D eigenvalue weighted by Gasteiger charge is -2.11. The number of aryl methyl sites for hydroxylation is 2. The van der Waals surface area contributed by atoms with E-state index in [9.17, 15) is 26.4 Å². The van der Waals surface area contributed by atoms with Gasteiger partial charge in [0.05, 0.1) is 11.1 Å². The van der Waals surface area contributed by atoms with E-state index in [4.69, 9.17) is 0 Å². The molecule has 1 fully saturated rings. The van der Waals surface area contributed by atoms with Crippen molar-refractivity contribution in [2.45, 2.75) is 43.7 Å². The molecular formula is C23H20F3N7O3S. The summed E-state index contributed by atoms with van der Waals surface area (Å²) in [4.78, 5) is 25.2. The van der Waals surface area contributed by atoms with Gasteiger partial charge in [0, 0.05) is 28.7 Å². The molecule has 1 aromatic carbocycles. The standard InChI is InChI=1S/C23H20F3N7O3S/c1-12-9-13(2)29-22(28-12)32-37(35,36)16-7-5-15(6-8-16)30-21(34)17-11-27-33-19(23(24,25)26)10-18(14-3-4-14)31-20(17)33/h5-11,14H,3-4H2,1-2H3,(H,30,34)(H,28,29,32). The van der Waals surface area contributed by atoms with Gasteiger partial charge in [-0.1, -0.05) is 0 Å². The first-order valence-corrected chi connectivity index (χ1v) is 12.6. The molecule has 0 aliphatic heterocycles. The molecule has 0 spiro atoms. The third-order valence-electron chi connectivity index (χ3n) is 5.65. The van der Waals surface area contributed by atoms with Crippen LogP contribution in [0.2, 0.25) is 0 Å². The molecule has 1 saturated carbocycles. The van der Waals surface area contributed by atoms with Crippen molar-refractivity contribution in [2.75, 3.05) is 10.0 Å². The number of fused-ring (bicyclic) bond motifs is 1. The number of aromatic nitrogens is 5. The number of nitrogens with one attached hydrogen (secondary N) is 2. The molecular weight excluding hydrogens is 511 g/mol. The minimum Gasteiger partial charge on any atom is -0.322 e. The van der Waals surface area contributed by atoms with Gasteiger partial charge in [-0.05, 0) is 63.1 Å². The maximum atomic E-state index is 13.6. The van der Waals surface area contributed by atoms with Gasteiger partial charge in [0.1, 0.15) is 11.3 Å². The minimum absolute atomic E-state index is 0.0701. The first-order chi connectivity index (χ1) is 17.4. The number of hydrogen-bond acceptors (Lipinski definition) is 7. The molecule has 3 heterocycles. The van der Waals surface area contributed by atoms with Gasteiger partial charge in [-0.3, -0.25) is 4.79 Å². The van der Waals surface area contributed by atoms with Gasteiger partial charge >= 0.3 is 6.18 Å². The van der Waals surface area contributed by atoms with Crippen LogP contribution in [-0.4, -0.2) is 38.9 Å². The van der Waals surface area contributed by atoms with Gasteiger partial charge in [-0.15, -0.1) is 0 Å². The lowest BCUT2D eigenvalue weighted by Crippen LogP contribution is -2.17. The number of nitrogens with zero attached hydrogens (tertiary/aromatic N) is 5. The van der Waals surface area contributed by atoms with Gasteiger partial charge in [-0.2, -0.15) is 18.3 Å². The van der Waals surface area contributed by atoms with Crippen LogP contribution in [0.1, 0.15) is 51.9 Å². The summed E-state index contributed by atoms with van der Waals surface area (Å²) in [5.41, 5.74) is 0.330. The summed E-state index contributed by atoms with van der Waals surface area (Å²) in [7, 11) is -4.01. The number of carbonyl (C=O) groups is 1. The van der Waals surface area contributed by atoms with Crippen molar-refractivity contribution in [1.29, 1.82) is 0 Å². The Balaban J connectivity index is 1.38. The van der Waals surface area contributed by atoms with Gasteiger partial charge in [-0.25, -0.2) is 32.6 Å². The summed E-state index contributed by atoms with van der Waals surface area (Å²) in [6.45, 7) is 3.42. The molecule has 0 unspecified atom stereocenters. The van der Waals surface area contributed by atoms with Crippen LogP contribution in [0.5, 0.6) is 0 Å². The highest BCUT2D eigenvalue weighted by Gasteiger charge is 2.38. The van der Waals surface area contributed by atoms with E-state index in [1.54, 1.807) is 19.9 Å². The van der Waals surface area contributed by atoms with E-state index in [-0.39, 0.29) is 39.4 Å². The Hall–Kier alpha value is -4.07. The van der Waals surface area contributed by atoms with E-state index < -0.39 is 27.8 Å². The van der Waals surface area contributed by atoms with Gasteiger partial charge < -0.3 is 5.32 Å². The fourth-order valence-corrected chi connectivity index (χ4v) is 4.74. The predicted octanol–water partition coefficient (Wildman–Crippen LogP) is 4.09. The second-order valence-electron chi connectivity index (χ2n) is 8.69. The smallest absolute Gasteiger partial charge is 0.322 e. The average molecular weight is 532 g/mol. The summed E-state index contributed by atoms with van der Waals surface area (Å²) < 4.78 is 69.1. The van der Waals surface area contributed by atoms with Gasteiger partial charge in [0.2, 0.25) is 5.95 Å². The van der Waals surface area contributed by atoms with Crippen molar-refractivity contribution < 1.29 is 26.4 Å². The lowest BCUT2D eigenvalue weighted by atomic mass is 10.2. The van der Waals surface area contributed by atoms with Crippen LogP contribution in [0.25, 0.3) is 5.65 Å². The molecule has 192 valence electrons. The summed E-state index contributed by atoms with van der Waals surface area (Å²) in [5, 5.41) is 6.29. The van der Waals surface area contributed by atoms with Crippen LogP contribution < -0.4 is 10.0 Å². The zero-order valence-electron chi connectivity index (χ0n) is 19.5. The summed E-state index contributed by atoms with van der Waals surface area (Å²) in [6.07, 6.45) is -2.19. The topological polar surface area (TPSA) is 131 Å². The SMILES string of the molecule is Cc1cc(C)nc(NS(=O)(=O)c2ccc(NC(=O)c3cnn4c(C(F)(F)F)cc(C5CC5)nc34)cc2)n1. The second kappa shape index (κ2) is 8.80. The van der Waals surface area contributed by atoms with Crippen LogP contribution in [0.15, 0.2) is 47.5 Å². The van der Waals surface area contributed by atoms with Crippen molar-refractivity contribution in [3.05, 3.63) is 70.9 Å². The monoisotopic (exact) mass is 531 g/mol. The van der Waals surface area contributed by atoms with Gasteiger partial charge in [0.25, 0.3) is 15.9 Å². The van der Waals surface area contributed by atoms with E-state index in [0.29, 0.717) is 15.9 Å². The molecule has 0 saturated heterocycles. The Morgan fingerprint density at radius 2 is 1.68 bits per heavy atom. The Bertz CT molecular complexity index is 1610. The zero-order valence-corrected chi connectivity index (χ0v) is 20.4. The Kier molecular flexibility index (Phi) is 5.85. The summed E-state index contributed by atoms with van der Waals surface area (Å²) in [5.74, 6) is -0.880. The lowest BCUT2D eigenvalue weighted by molar-refractivity contribution is -0.142. The highest BCUT2D eigenvalue weighted by atomic mass is 32.2. The Morgan fingerprint density at radius 1 is 1.03 bits per heavy atom. The highest BCUT2D eigenvalue weighted by Crippen LogP contribution is 2.41. The Labute approximate surface area is 209 Å². The van der Waals surface area contributed by atoms with E-state index in [1.807, 2.05) is 0 Å². The number of alkyl halides is 3. The van der Waals surface area contributed by atoms with E-state index in [1.165, 1.54) is 24.3 Å². The number of rotatable bonds is 6. The largest absolute Gasteiger partial charge is 0.433 e. The molecule has 0 radical (unpaired) electrons. The third kappa shape index (κ3) is 5.09. The average Bonchev–Trinajstić information content (AvgIpc) is 3.56. The molecule has 1 aliphatic rings. The van der Waals surface area contributed by atoms with Gasteiger partial charge in [0.15, 0.2) is 5.65 Å². The van der Waals surface area contributed by atoms with E-state index in [2.05, 4.69) is 30.1 Å². The van der Waals surface area contributed by atoms with Crippen molar-refractivity contribution in [1.82, 2.24) is 24.6 Å². The van der Waals surface area contributed by atoms with Crippen molar-refractivity contribution in [3.63, 3.8) is 0 Å². The first kappa shape index (κ1) is 24.6. The number of hydrogen-bond donors (Lipinski definition) is 2. The molecule has 14 heteroatoms. The number of amides is 1. The normalized spacial score (nSPS) is 14.1. The molecule has 4 aromatic rings. The van der Waals surface area contributed by atoms with Crippen molar-refractivity contribution in [2.24, 2.45) is 0 Å². The van der Waals surface area contributed by atoms with Crippen LogP contribution in [0, 0.1) is 13.8 Å². The fourth-order valence-electron chi connectivity index (χ4n) is 3.80. The molecule has 37 heavy (non-hydrogen) atoms. The fraction of sp³-hybridized carbons (Fsp3) is 0.261. The van der Waals surface area contributed by atoms with Crippen molar-refractivity contribution >= 4 is 33.2 Å². The first-order valence-electron chi connectivity index (χ1n) is 11.1. The number of anilines is 2. The predicted molar refractivity (Wildman–Crippen MR) is 127 cm³/mol. The molecule has 0 bridgehead atoms. The van der Waals surface area contributed by atoms with Crippen molar-refractivity contribution in [3.8, 4) is 0 Å². The maximum Gasteiger partial charge on any atom is 0.433 e. The number of carbonyl (C=O) groups excluding carboxylic acids is 1. The Morgan fingerprint density at radius 3 is 2.27 bits per heavy atom. The summed E-state index contributed by atoms with van der Waals surface area (Å²) in [6, 6.07) is 7.90. The zero-order chi connectivity index (χ0) is 26.5. The summed E-state index contributed by atoms with van der Waals surface area (Å²) >= 11 is 0. The number of sulfonamides is 1. The molecule has 0 atom stereocenters. The van der Waals surface area contributed by atoms with Crippen LogP contribution in [-0.2, 0) is 16.2 Å². The van der Waals surface area contributed by atoms with Crippen LogP contribution >= 0.6 is 0 Å². The van der Waals surface area contributed by atoms with Crippen LogP contribution in [0.4, 0.5) is 24.8 Å². The molecule has 2 N–H and O–H groups in total. The molecule has 5 rings (SSSR count). The molecule has 10 nitrogen and oxygen atoms in total. The maximum absolute atomic E-state index is 13.6. The van der Waals surface area contributed by atoms with E-state index in [0.717, 1.165) is 25.1 Å². The minimum atomic E-state index is -4.68. The van der Waals surface area contributed by atoms with Crippen LogP contribution in [0.3, 0.4) is 0 Å². The molecule has 1 amide bonds. The quantitative estimate of drug-likeness (QED) is 0.383. The number of benzene rings is 1.